The molecular formula is C22H34IN3O3. The zero-order chi connectivity index (χ0) is 20.0. The lowest BCUT2D eigenvalue weighted by molar-refractivity contribution is 0.0657. The first-order chi connectivity index (χ1) is 13.7. The van der Waals surface area contributed by atoms with Gasteiger partial charge in [-0.1, -0.05) is 24.3 Å². The Hall–Kier alpha value is -1.58. The minimum atomic E-state index is 0. The van der Waals surface area contributed by atoms with Crippen LogP contribution in [0.2, 0.25) is 0 Å². The Morgan fingerprint density at radius 2 is 1.93 bits per heavy atom. The lowest BCUT2D eigenvalue weighted by Crippen LogP contribution is -2.38. The number of halogens is 1. The molecule has 0 amide bonds. The van der Waals surface area contributed by atoms with Crippen LogP contribution in [0.25, 0.3) is 0 Å². The second-order valence-electron chi connectivity index (χ2n) is 6.79. The Morgan fingerprint density at radius 3 is 2.66 bits per heavy atom. The second-order valence-corrected chi connectivity index (χ2v) is 6.79. The maximum Gasteiger partial charge on any atom is 0.191 e. The molecule has 0 saturated heterocycles. The molecule has 1 aromatic heterocycles. The topological polar surface area (TPSA) is 68.0 Å². The van der Waals surface area contributed by atoms with Gasteiger partial charge >= 0.3 is 0 Å². The minimum absolute atomic E-state index is 0. The van der Waals surface area contributed by atoms with Crippen molar-refractivity contribution in [1.82, 2.24) is 10.6 Å². The van der Waals surface area contributed by atoms with Gasteiger partial charge < -0.3 is 24.5 Å². The van der Waals surface area contributed by atoms with Crippen LogP contribution in [-0.4, -0.2) is 31.8 Å². The summed E-state index contributed by atoms with van der Waals surface area (Å²) in [4.78, 5) is 4.68. The van der Waals surface area contributed by atoms with Gasteiger partial charge in [0, 0.05) is 19.7 Å². The maximum absolute atomic E-state index is 5.68. The van der Waals surface area contributed by atoms with Crippen molar-refractivity contribution >= 4 is 29.9 Å². The van der Waals surface area contributed by atoms with Gasteiger partial charge in [-0.05, 0) is 50.5 Å². The van der Waals surface area contributed by atoms with Gasteiger partial charge in [0.2, 0.25) is 0 Å². The normalized spacial score (nSPS) is 11.4. The molecule has 7 heteroatoms. The Balaban J connectivity index is 0.00000420. The fourth-order valence-corrected chi connectivity index (χ4v) is 2.54. The molecule has 29 heavy (non-hydrogen) atoms. The van der Waals surface area contributed by atoms with Crippen molar-refractivity contribution in [3.8, 4) is 0 Å². The molecule has 0 unspecified atom stereocenters. The van der Waals surface area contributed by atoms with Crippen molar-refractivity contribution in [1.29, 1.82) is 0 Å². The first-order valence-corrected chi connectivity index (χ1v) is 9.99. The molecule has 0 radical (unpaired) electrons. The van der Waals surface area contributed by atoms with Crippen molar-refractivity contribution < 1.29 is 13.9 Å². The summed E-state index contributed by atoms with van der Waals surface area (Å²) in [6.45, 7) is 10.2. The summed E-state index contributed by atoms with van der Waals surface area (Å²) in [5.74, 6) is 1.67. The molecule has 0 aliphatic rings. The monoisotopic (exact) mass is 515 g/mol. The summed E-state index contributed by atoms with van der Waals surface area (Å²) < 4.78 is 16.5. The predicted molar refractivity (Wildman–Crippen MR) is 128 cm³/mol. The number of furan rings is 1. The Bertz CT molecular complexity index is 690. The molecule has 2 rings (SSSR count). The Kier molecular flexibility index (Phi) is 13.4. The van der Waals surface area contributed by atoms with Gasteiger partial charge in [0.25, 0.3) is 0 Å². The van der Waals surface area contributed by atoms with Gasteiger partial charge in [0.15, 0.2) is 5.96 Å². The number of nitrogens with zero attached hydrogens (tertiary/aromatic N) is 1. The largest absolute Gasteiger partial charge is 0.467 e. The predicted octanol–water partition coefficient (Wildman–Crippen LogP) is 4.48. The zero-order valence-corrected chi connectivity index (χ0v) is 20.0. The minimum Gasteiger partial charge on any atom is -0.467 e. The van der Waals surface area contributed by atoms with Gasteiger partial charge in [-0.2, -0.15) is 0 Å². The molecular weight excluding hydrogens is 481 g/mol. The number of nitrogens with one attached hydrogen (secondary N) is 2. The summed E-state index contributed by atoms with van der Waals surface area (Å²) in [6.07, 6.45) is 2.79. The van der Waals surface area contributed by atoms with Gasteiger partial charge in [-0.3, -0.25) is 0 Å². The molecule has 0 fully saturated rings. The van der Waals surface area contributed by atoms with Crippen LogP contribution in [0.5, 0.6) is 0 Å². The molecule has 0 spiro atoms. The van der Waals surface area contributed by atoms with Crippen molar-refractivity contribution in [3.05, 3.63) is 59.5 Å². The van der Waals surface area contributed by atoms with Crippen molar-refractivity contribution in [2.24, 2.45) is 4.99 Å². The zero-order valence-electron chi connectivity index (χ0n) is 17.6. The van der Waals surface area contributed by atoms with Crippen LogP contribution in [-0.2, 0) is 29.2 Å². The van der Waals surface area contributed by atoms with E-state index >= 15 is 0 Å². The van der Waals surface area contributed by atoms with E-state index in [1.165, 1.54) is 11.1 Å². The van der Waals surface area contributed by atoms with Crippen LogP contribution in [0.4, 0.5) is 0 Å². The lowest BCUT2D eigenvalue weighted by Gasteiger charge is -2.12. The number of ether oxygens (including phenoxy) is 2. The average Bonchev–Trinajstić information content (AvgIpc) is 3.21. The van der Waals surface area contributed by atoms with Crippen LogP contribution in [0.15, 0.2) is 52.1 Å². The highest BCUT2D eigenvalue weighted by Crippen LogP contribution is 2.09. The van der Waals surface area contributed by atoms with Gasteiger partial charge in [0.05, 0.1) is 25.5 Å². The van der Waals surface area contributed by atoms with Gasteiger partial charge in [-0.15, -0.1) is 24.0 Å². The van der Waals surface area contributed by atoms with Crippen LogP contribution in [0, 0.1) is 0 Å². The van der Waals surface area contributed by atoms with Crippen molar-refractivity contribution in [2.75, 3.05) is 19.7 Å². The standard InChI is InChI=1S/C22H33N3O3.HI/c1-4-23-22(24-11-7-12-26-17-21-10-6-13-27-21)25-15-19-8-5-9-20(14-19)16-28-18(2)3;/h5-6,8-10,13-14,18H,4,7,11-12,15-17H2,1-3H3,(H2,23,24,25);1H. The van der Waals surface area contributed by atoms with Crippen molar-refractivity contribution in [3.63, 3.8) is 0 Å². The van der Waals surface area contributed by atoms with E-state index in [4.69, 9.17) is 13.9 Å². The quantitative estimate of drug-likeness (QED) is 0.189. The number of hydrogen-bond acceptors (Lipinski definition) is 4. The van der Waals surface area contributed by atoms with Crippen LogP contribution < -0.4 is 10.6 Å². The van der Waals surface area contributed by atoms with E-state index < -0.39 is 0 Å². The van der Waals surface area contributed by atoms with Crippen LogP contribution in [0.3, 0.4) is 0 Å². The maximum atomic E-state index is 5.68. The Morgan fingerprint density at radius 1 is 1.10 bits per heavy atom. The molecule has 2 aromatic rings. The second kappa shape index (κ2) is 15.3. The number of rotatable bonds is 12. The third kappa shape index (κ3) is 11.3. The van der Waals surface area contributed by atoms with Gasteiger partial charge in [0.1, 0.15) is 12.4 Å². The molecule has 1 aromatic carbocycles. The number of benzene rings is 1. The summed E-state index contributed by atoms with van der Waals surface area (Å²) in [5, 5.41) is 6.63. The molecule has 0 bridgehead atoms. The van der Waals surface area contributed by atoms with Crippen LogP contribution >= 0.6 is 24.0 Å². The molecule has 6 nitrogen and oxygen atoms in total. The molecule has 0 atom stereocenters. The number of hydrogen-bond donors (Lipinski definition) is 2. The summed E-state index contributed by atoms with van der Waals surface area (Å²) in [7, 11) is 0. The number of guanidine groups is 1. The van der Waals surface area contributed by atoms with E-state index in [-0.39, 0.29) is 30.1 Å². The summed E-state index contributed by atoms with van der Waals surface area (Å²) in [6, 6.07) is 12.2. The Labute approximate surface area is 191 Å². The summed E-state index contributed by atoms with van der Waals surface area (Å²) in [5.41, 5.74) is 2.34. The first kappa shape index (κ1) is 25.5. The highest BCUT2D eigenvalue weighted by Gasteiger charge is 2.01. The third-order valence-electron chi connectivity index (χ3n) is 3.92. The van der Waals surface area contributed by atoms with E-state index in [1.54, 1.807) is 6.26 Å². The molecule has 162 valence electrons. The SMILES string of the molecule is CCNC(=NCc1cccc(COC(C)C)c1)NCCCOCc1ccco1.I. The third-order valence-corrected chi connectivity index (χ3v) is 3.92. The molecule has 1 heterocycles. The van der Waals surface area contributed by atoms with Crippen molar-refractivity contribution in [2.45, 2.75) is 53.1 Å². The smallest absolute Gasteiger partial charge is 0.191 e. The highest BCUT2D eigenvalue weighted by molar-refractivity contribution is 14.0. The number of aliphatic imine (C=N–C) groups is 1. The fraction of sp³-hybridized carbons (Fsp3) is 0.500. The van der Waals surface area contributed by atoms with E-state index in [2.05, 4.69) is 46.8 Å². The molecule has 2 N–H and O–H groups in total. The first-order valence-electron chi connectivity index (χ1n) is 9.99. The van der Waals surface area contributed by atoms with E-state index in [9.17, 15) is 0 Å². The highest BCUT2D eigenvalue weighted by atomic mass is 127. The molecule has 0 aliphatic heterocycles. The van der Waals surface area contributed by atoms with Gasteiger partial charge in [-0.25, -0.2) is 4.99 Å². The van der Waals surface area contributed by atoms with Crippen LogP contribution in [0.1, 0.15) is 44.1 Å². The molecule has 0 aliphatic carbocycles. The average molecular weight is 515 g/mol. The van der Waals surface area contributed by atoms with E-state index in [0.29, 0.717) is 26.4 Å². The fourth-order valence-electron chi connectivity index (χ4n) is 2.54. The van der Waals surface area contributed by atoms with E-state index in [1.807, 2.05) is 26.0 Å². The molecule has 0 saturated carbocycles. The summed E-state index contributed by atoms with van der Waals surface area (Å²) >= 11 is 0. The lowest BCUT2D eigenvalue weighted by atomic mass is 10.1. The van der Waals surface area contributed by atoms with E-state index in [0.717, 1.165) is 31.2 Å².